The Bertz CT molecular complexity index is 423. The lowest BCUT2D eigenvalue weighted by molar-refractivity contribution is 0.0937. The number of carbonyl (C=O) groups is 1. The minimum absolute atomic E-state index is 0.211. The van der Waals surface area contributed by atoms with E-state index in [4.69, 9.17) is 5.73 Å². The molecule has 0 aliphatic carbocycles. The summed E-state index contributed by atoms with van der Waals surface area (Å²) < 4.78 is 1.71. The van der Waals surface area contributed by atoms with Gasteiger partial charge in [0.2, 0.25) is 0 Å². The molecule has 0 spiro atoms. The number of aryl methyl sites for hydroxylation is 1. The molecule has 0 saturated heterocycles. The number of amides is 1. The van der Waals surface area contributed by atoms with Crippen molar-refractivity contribution in [3.63, 3.8) is 0 Å². The molecule has 0 aliphatic rings. The van der Waals surface area contributed by atoms with Crippen LogP contribution < -0.4 is 11.1 Å². The summed E-state index contributed by atoms with van der Waals surface area (Å²) in [5.41, 5.74) is 6.16. The third-order valence-corrected chi connectivity index (χ3v) is 3.72. The van der Waals surface area contributed by atoms with Crippen molar-refractivity contribution in [2.45, 2.75) is 59.0 Å². The van der Waals surface area contributed by atoms with Gasteiger partial charge in [-0.1, -0.05) is 32.9 Å². The minimum Gasteiger partial charge on any atom is -0.349 e. The monoisotopic (exact) mass is 281 g/mol. The Morgan fingerprint density at radius 2 is 2.10 bits per heavy atom. The average Bonchev–Trinajstić information content (AvgIpc) is 2.91. The lowest BCUT2D eigenvalue weighted by Gasteiger charge is -2.26. The number of hydrogen-bond acceptors (Lipinski definition) is 4. The summed E-state index contributed by atoms with van der Waals surface area (Å²) in [6, 6.07) is 0. The molecule has 1 rings (SSSR count). The van der Waals surface area contributed by atoms with Crippen molar-refractivity contribution in [1.82, 2.24) is 20.3 Å². The van der Waals surface area contributed by atoms with E-state index in [0.29, 0.717) is 18.2 Å². The fourth-order valence-electron chi connectivity index (χ4n) is 1.75. The Morgan fingerprint density at radius 1 is 1.45 bits per heavy atom. The van der Waals surface area contributed by atoms with Gasteiger partial charge in [0, 0.05) is 18.6 Å². The third kappa shape index (κ3) is 4.92. The summed E-state index contributed by atoms with van der Waals surface area (Å²) >= 11 is 0. The predicted octanol–water partition coefficient (Wildman–Crippen LogP) is 1.57. The Balaban J connectivity index is 2.52. The smallest absolute Gasteiger partial charge is 0.273 e. The van der Waals surface area contributed by atoms with Crippen molar-refractivity contribution in [2.75, 3.05) is 6.54 Å². The van der Waals surface area contributed by atoms with E-state index in [1.54, 1.807) is 10.9 Å². The summed E-state index contributed by atoms with van der Waals surface area (Å²) in [5.74, 6) is 0.390. The summed E-state index contributed by atoms with van der Waals surface area (Å²) in [6.07, 6.45) is 4.35. The van der Waals surface area contributed by atoms with E-state index in [2.05, 4.69) is 29.5 Å². The van der Waals surface area contributed by atoms with Crippen LogP contribution in [0.5, 0.6) is 0 Å². The first-order chi connectivity index (χ1) is 9.40. The molecule has 0 unspecified atom stereocenters. The fraction of sp³-hybridized carbons (Fsp3) is 0.786. The van der Waals surface area contributed by atoms with Gasteiger partial charge in [0.25, 0.3) is 5.91 Å². The Hall–Kier alpha value is -1.43. The normalized spacial score (nSPS) is 11.9. The second-order valence-electron chi connectivity index (χ2n) is 5.80. The molecule has 1 aromatic heterocycles. The van der Waals surface area contributed by atoms with E-state index in [0.717, 1.165) is 25.8 Å². The highest BCUT2D eigenvalue weighted by molar-refractivity contribution is 5.91. The molecule has 20 heavy (non-hydrogen) atoms. The zero-order chi connectivity index (χ0) is 15.2. The van der Waals surface area contributed by atoms with Crippen LogP contribution in [0.2, 0.25) is 0 Å². The minimum atomic E-state index is -0.344. The molecule has 6 heteroatoms. The van der Waals surface area contributed by atoms with E-state index >= 15 is 0 Å². The topological polar surface area (TPSA) is 85.8 Å². The van der Waals surface area contributed by atoms with Gasteiger partial charge < -0.3 is 11.1 Å². The summed E-state index contributed by atoms with van der Waals surface area (Å²) in [7, 11) is 0. The van der Waals surface area contributed by atoms with E-state index < -0.39 is 0 Å². The summed E-state index contributed by atoms with van der Waals surface area (Å²) in [6.45, 7) is 9.60. The van der Waals surface area contributed by atoms with Gasteiger partial charge in [0.15, 0.2) is 5.69 Å². The van der Waals surface area contributed by atoms with Crippen LogP contribution in [0.3, 0.4) is 0 Å². The average molecular weight is 281 g/mol. The Kier molecular flexibility index (Phi) is 6.13. The number of nitrogens with zero attached hydrogens (tertiary/aromatic N) is 3. The molecule has 0 bridgehead atoms. The van der Waals surface area contributed by atoms with Crippen LogP contribution in [-0.2, 0) is 6.54 Å². The van der Waals surface area contributed by atoms with Crippen molar-refractivity contribution in [1.29, 1.82) is 0 Å². The van der Waals surface area contributed by atoms with Gasteiger partial charge in [0.1, 0.15) is 0 Å². The highest BCUT2D eigenvalue weighted by Crippen LogP contribution is 2.09. The maximum absolute atomic E-state index is 12.0. The first-order valence-electron chi connectivity index (χ1n) is 7.37. The van der Waals surface area contributed by atoms with E-state index in [-0.39, 0.29) is 11.4 Å². The van der Waals surface area contributed by atoms with Crippen LogP contribution >= 0.6 is 0 Å². The number of nitrogens with two attached hydrogens (primary N) is 1. The quantitative estimate of drug-likeness (QED) is 0.757. The molecular formula is C14H27N5O. The summed E-state index contributed by atoms with van der Waals surface area (Å²) in [5, 5.41) is 10.7. The van der Waals surface area contributed by atoms with Crippen molar-refractivity contribution in [3.8, 4) is 0 Å². The maximum atomic E-state index is 12.0. The largest absolute Gasteiger partial charge is 0.349 e. The molecule has 0 fully saturated rings. The molecule has 0 radical (unpaired) electrons. The van der Waals surface area contributed by atoms with Gasteiger partial charge in [-0.25, -0.2) is 0 Å². The predicted molar refractivity (Wildman–Crippen MR) is 79.3 cm³/mol. The number of carbonyl (C=O) groups excluding carboxylic acids is 1. The first kappa shape index (κ1) is 16.6. The van der Waals surface area contributed by atoms with E-state index in [1.165, 1.54) is 0 Å². The lowest BCUT2D eigenvalue weighted by atomic mass is 9.94. The van der Waals surface area contributed by atoms with Crippen LogP contribution in [0.15, 0.2) is 6.20 Å². The third-order valence-electron chi connectivity index (χ3n) is 3.72. The number of hydrogen-bond donors (Lipinski definition) is 2. The molecule has 0 atom stereocenters. The zero-order valence-corrected chi connectivity index (χ0v) is 13.0. The number of rotatable bonds is 8. The molecule has 0 saturated carbocycles. The first-order valence-corrected chi connectivity index (χ1v) is 7.37. The number of aromatic nitrogens is 3. The van der Waals surface area contributed by atoms with Gasteiger partial charge in [-0.05, 0) is 25.2 Å². The highest BCUT2D eigenvalue weighted by atomic mass is 16.2. The van der Waals surface area contributed by atoms with Gasteiger partial charge in [-0.2, -0.15) is 0 Å². The molecule has 114 valence electrons. The molecular weight excluding hydrogens is 254 g/mol. The lowest BCUT2D eigenvalue weighted by Crippen LogP contribution is -2.49. The molecule has 0 aliphatic heterocycles. The zero-order valence-electron chi connectivity index (χ0n) is 13.0. The van der Waals surface area contributed by atoms with Crippen LogP contribution in [0.25, 0.3) is 0 Å². The van der Waals surface area contributed by atoms with Crippen LogP contribution in [-0.4, -0.2) is 33.0 Å². The van der Waals surface area contributed by atoms with Gasteiger partial charge in [0.05, 0.1) is 6.20 Å². The fourth-order valence-corrected chi connectivity index (χ4v) is 1.75. The molecule has 0 aromatic carbocycles. The van der Waals surface area contributed by atoms with Crippen LogP contribution in [0.4, 0.5) is 0 Å². The standard InChI is InChI=1S/C14H27N5O/c1-5-14(15,6-2)10-16-13(20)12-9-19(18-17-12)8-7-11(3)4/h9,11H,5-8,10,15H2,1-4H3,(H,16,20). The van der Waals surface area contributed by atoms with Crippen molar-refractivity contribution < 1.29 is 4.79 Å². The SMILES string of the molecule is CCC(N)(CC)CNC(=O)c1cn(CCC(C)C)nn1. The van der Waals surface area contributed by atoms with Gasteiger partial charge in [-0.15, -0.1) is 5.10 Å². The second kappa shape index (κ2) is 7.38. The highest BCUT2D eigenvalue weighted by Gasteiger charge is 2.22. The molecule has 1 heterocycles. The van der Waals surface area contributed by atoms with Crippen molar-refractivity contribution >= 4 is 5.91 Å². The van der Waals surface area contributed by atoms with Gasteiger partial charge >= 0.3 is 0 Å². The summed E-state index contributed by atoms with van der Waals surface area (Å²) in [4.78, 5) is 12.0. The van der Waals surface area contributed by atoms with Crippen LogP contribution in [0, 0.1) is 5.92 Å². The molecule has 3 N–H and O–H groups in total. The molecule has 1 aromatic rings. The van der Waals surface area contributed by atoms with Crippen molar-refractivity contribution in [3.05, 3.63) is 11.9 Å². The van der Waals surface area contributed by atoms with Crippen LogP contribution in [0.1, 0.15) is 57.4 Å². The molecule has 1 amide bonds. The Labute approximate surface area is 121 Å². The maximum Gasteiger partial charge on any atom is 0.273 e. The van der Waals surface area contributed by atoms with Crippen molar-refractivity contribution in [2.24, 2.45) is 11.7 Å². The number of nitrogens with one attached hydrogen (secondary N) is 1. The Morgan fingerprint density at radius 3 is 2.65 bits per heavy atom. The molecule has 6 nitrogen and oxygen atoms in total. The van der Waals surface area contributed by atoms with E-state index in [9.17, 15) is 4.79 Å². The van der Waals surface area contributed by atoms with Gasteiger partial charge in [-0.3, -0.25) is 9.48 Å². The van der Waals surface area contributed by atoms with E-state index in [1.807, 2.05) is 13.8 Å². The second-order valence-corrected chi connectivity index (χ2v) is 5.80.